The summed E-state index contributed by atoms with van der Waals surface area (Å²) in [7, 11) is -2.87. The number of esters is 2. The van der Waals surface area contributed by atoms with E-state index in [1.807, 2.05) is 32.9 Å². The lowest BCUT2D eigenvalue weighted by Gasteiger charge is -2.51. The zero-order valence-corrected chi connectivity index (χ0v) is 28.7. The summed E-state index contributed by atoms with van der Waals surface area (Å²) >= 11 is 0. The van der Waals surface area contributed by atoms with Crippen LogP contribution in [0.4, 0.5) is 0 Å². The normalized spacial score (nSPS) is 33.7. The van der Waals surface area contributed by atoms with Crippen LogP contribution < -0.4 is 10.4 Å². The number of hydrogen-bond donors (Lipinski definition) is 1. The molecule has 2 aromatic carbocycles. The Bertz CT molecular complexity index is 1390. The number of benzene rings is 2. The van der Waals surface area contributed by atoms with E-state index in [0.29, 0.717) is 26.1 Å². The third kappa shape index (κ3) is 4.67. The number of hydrogen-bond acceptors (Lipinski definition) is 8. The fraction of sp³-hybridized carbons (Fsp3) is 0.611. The summed E-state index contributed by atoms with van der Waals surface area (Å²) in [5.74, 6) is -2.41. The number of aliphatic hydroxyl groups is 1. The lowest BCUT2D eigenvalue weighted by molar-refractivity contribution is -0.275. The third-order valence-electron chi connectivity index (χ3n) is 11.8. The van der Waals surface area contributed by atoms with Crippen molar-refractivity contribution in [1.29, 1.82) is 0 Å². The summed E-state index contributed by atoms with van der Waals surface area (Å²) in [5.41, 5.74) is -4.30. The number of rotatable bonds is 7. The molecule has 2 saturated heterocycles. The quantitative estimate of drug-likeness (QED) is 0.351. The predicted molar refractivity (Wildman–Crippen MR) is 171 cm³/mol. The highest BCUT2D eigenvalue weighted by Crippen LogP contribution is 2.66. The van der Waals surface area contributed by atoms with Crippen LogP contribution in [0, 0.1) is 16.7 Å². The molecule has 6 rings (SSSR count). The molecule has 8 nitrogen and oxygen atoms in total. The Balaban J connectivity index is 1.30. The van der Waals surface area contributed by atoms with Crippen molar-refractivity contribution < 1.29 is 38.1 Å². The lowest BCUT2D eigenvalue weighted by Crippen LogP contribution is -2.68. The highest BCUT2D eigenvalue weighted by atomic mass is 28.4. The summed E-state index contributed by atoms with van der Waals surface area (Å²) < 4.78 is 31.9. The zero-order valence-electron chi connectivity index (χ0n) is 27.7. The highest BCUT2D eigenvalue weighted by Gasteiger charge is 2.77. The van der Waals surface area contributed by atoms with Crippen LogP contribution in [-0.2, 0) is 33.0 Å². The molecule has 45 heavy (non-hydrogen) atoms. The molecule has 0 amide bonds. The second-order valence-corrected chi connectivity index (χ2v) is 19.8. The fourth-order valence-electron chi connectivity index (χ4n) is 8.52. The van der Waals surface area contributed by atoms with E-state index in [4.69, 9.17) is 23.4 Å². The molecule has 0 unspecified atom stereocenters. The summed E-state index contributed by atoms with van der Waals surface area (Å²) in [6, 6.07) is 20.9. The van der Waals surface area contributed by atoms with Gasteiger partial charge in [0.25, 0.3) is 8.32 Å². The zero-order chi connectivity index (χ0) is 32.5. The molecule has 4 aliphatic rings. The monoisotopic (exact) mass is 636 g/mol. The standard InChI is InChI=1S/C36H48O8Si/c1-31(2,3)45(26-14-10-8-11-15-26,27-16-12-9-13-17-27)42-24-25-22-34(7,39)28(23-36(25)40-20-21-41-36)43-30(38)35-19-18-33(6,29(37)44-35)32(35,4)5/h8-17,25,28,39H,18-24H2,1-7H3/t25-,28-,33-,34+,35+/m0/s1. The van der Waals surface area contributed by atoms with Crippen molar-refractivity contribution in [1.82, 2.24) is 0 Å². The van der Waals surface area contributed by atoms with Crippen molar-refractivity contribution in [3.63, 3.8) is 0 Å². The van der Waals surface area contributed by atoms with Crippen LogP contribution in [0.3, 0.4) is 0 Å². The molecule has 2 heterocycles. The first-order chi connectivity index (χ1) is 21.0. The topological polar surface area (TPSA) is 101 Å². The molecular formula is C36H48O8Si. The van der Waals surface area contributed by atoms with E-state index in [9.17, 15) is 14.7 Å². The summed E-state index contributed by atoms with van der Waals surface area (Å²) in [6.07, 6.45) is 0.387. The predicted octanol–water partition coefficient (Wildman–Crippen LogP) is 4.50. The van der Waals surface area contributed by atoms with Gasteiger partial charge in [0.15, 0.2) is 5.79 Å². The maximum absolute atomic E-state index is 13.9. The minimum Gasteiger partial charge on any atom is -0.456 e. The van der Waals surface area contributed by atoms with E-state index in [-0.39, 0.29) is 36.4 Å². The van der Waals surface area contributed by atoms with Gasteiger partial charge in [0.1, 0.15) is 6.10 Å². The average Bonchev–Trinajstić information content (AvgIpc) is 3.58. The molecule has 9 heteroatoms. The largest absolute Gasteiger partial charge is 0.456 e. The SMILES string of the molecule is CC1(C)[C@@]2(C)CC[C@]1(C(=O)O[C@H]1CC3(OCCO3)[C@H](CO[Si](c3ccccc3)(c3ccccc3)C(C)(C)C)C[C@@]1(C)O)OC2=O. The Labute approximate surface area is 267 Å². The van der Waals surface area contributed by atoms with Crippen LogP contribution in [0.5, 0.6) is 0 Å². The van der Waals surface area contributed by atoms with Crippen molar-refractivity contribution in [3.8, 4) is 0 Å². The first-order valence-corrected chi connectivity index (χ1v) is 18.2. The first-order valence-electron chi connectivity index (χ1n) is 16.2. The van der Waals surface area contributed by atoms with Crippen molar-refractivity contribution in [2.75, 3.05) is 19.8 Å². The van der Waals surface area contributed by atoms with E-state index in [2.05, 4.69) is 69.3 Å². The van der Waals surface area contributed by atoms with Gasteiger partial charge < -0.3 is 28.5 Å². The maximum Gasteiger partial charge on any atom is 0.351 e. The Morgan fingerprint density at radius 3 is 1.93 bits per heavy atom. The van der Waals surface area contributed by atoms with Gasteiger partial charge >= 0.3 is 11.9 Å². The van der Waals surface area contributed by atoms with E-state index >= 15 is 0 Å². The molecule has 5 atom stereocenters. The van der Waals surface area contributed by atoms with Crippen LogP contribution in [0.25, 0.3) is 0 Å². The Morgan fingerprint density at radius 2 is 1.47 bits per heavy atom. The Kier molecular flexibility index (Phi) is 7.73. The second-order valence-electron chi connectivity index (χ2n) is 15.5. The van der Waals surface area contributed by atoms with Crippen molar-refractivity contribution in [2.45, 2.75) is 102 Å². The van der Waals surface area contributed by atoms with Crippen molar-refractivity contribution in [3.05, 3.63) is 60.7 Å². The van der Waals surface area contributed by atoms with E-state index in [1.54, 1.807) is 6.92 Å². The maximum atomic E-state index is 13.9. The third-order valence-corrected chi connectivity index (χ3v) is 16.8. The molecule has 2 saturated carbocycles. The Morgan fingerprint density at radius 1 is 0.911 bits per heavy atom. The van der Waals surface area contributed by atoms with Gasteiger partial charge in [-0.1, -0.05) is 95.3 Å². The molecule has 1 spiro atoms. The van der Waals surface area contributed by atoms with Gasteiger partial charge in [-0.2, -0.15) is 0 Å². The Hall–Kier alpha value is -2.56. The summed E-state index contributed by atoms with van der Waals surface area (Å²) in [5, 5.41) is 14.0. The molecule has 4 fully saturated rings. The second kappa shape index (κ2) is 10.7. The molecule has 2 aliphatic carbocycles. The number of carbonyl (C=O) groups excluding carboxylic acids is 2. The minimum absolute atomic E-state index is 0.141. The molecule has 0 radical (unpaired) electrons. The number of fused-ring (bicyclic) bond motifs is 2. The molecule has 244 valence electrons. The molecule has 2 aliphatic heterocycles. The summed E-state index contributed by atoms with van der Waals surface area (Å²) in [4.78, 5) is 26.8. The van der Waals surface area contributed by atoms with E-state index in [1.165, 1.54) is 0 Å². The molecule has 0 aromatic heterocycles. The van der Waals surface area contributed by atoms with Crippen LogP contribution in [0.15, 0.2) is 60.7 Å². The van der Waals surface area contributed by atoms with Gasteiger partial charge in [-0.15, -0.1) is 0 Å². The molecule has 2 bridgehead atoms. The van der Waals surface area contributed by atoms with Crippen LogP contribution >= 0.6 is 0 Å². The van der Waals surface area contributed by atoms with Crippen molar-refractivity contribution >= 4 is 30.6 Å². The van der Waals surface area contributed by atoms with Gasteiger partial charge in [-0.25, -0.2) is 4.79 Å². The van der Waals surface area contributed by atoms with Crippen LogP contribution in [-0.4, -0.2) is 68.3 Å². The van der Waals surface area contributed by atoms with Gasteiger partial charge in [0.05, 0.1) is 24.2 Å². The first kappa shape index (κ1) is 32.4. The van der Waals surface area contributed by atoms with Gasteiger partial charge in [0, 0.05) is 24.4 Å². The minimum atomic E-state index is -2.87. The van der Waals surface area contributed by atoms with Crippen LogP contribution in [0.1, 0.15) is 74.1 Å². The number of ether oxygens (including phenoxy) is 4. The lowest BCUT2D eigenvalue weighted by atomic mass is 9.66. The van der Waals surface area contributed by atoms with Crippen LogP contribution in [0.2, 0.25) is 5.04 Å². The average molecular weight is 637 g/mol. The summed E-state index contributed by atoms with van der Waals surface area (Å²) in [6.45, 7) is 15.1. The molecular weight excluding hydrogens is 588 g/mol. The highest BCUT2D eigenvalue weighted by molar-refractivity contribution is 6.99. The van der Waals surface area contributed by atoms with Gasteiger partial charge in [0.2, 0.25) is 5.60 Å². The van der Waals surface area contributed by atoms with Crippen molar-refractivity contribution in [2.24, 2.45) is 16.7 Å². The van der Waals surface area contributed by atoms with Gasteiger partial charge in [-0.3, -0.25) is 4.79 Å². The smallest absolute Gasteiger partial charge is 0.351 e. The van der Waals surface area contributed by atoms with Gasteiger partial charge in [-0.05, 0) is 48.5 Å². The van der Waals surface area contributed by atoms with E-state index < -0.39 is 48.2 Å². The van der Waals surface area contributed by atoms with E-state index in [0.717, 1.165) is 10.4 Å². The molecule has 2 aromatic rings. The number of carbonyl (C=O) groups is 2. The fourth-order valence-corrected chi connectivity index (χ4v) is 13.1. The molecule has 1 N–H and O–H groups in total.